The number of phenolic OH excluding ortho intramolecular Hbond substituents is 1. The Labute approximate surface area is 123 Å². The van der Waals surface area contributed by atoms with Gasteiger partial charge in [-0.3, -0.25) is 4.79 Å². The molecule has 0 spiro atoms. The Morgan fingerprint density at radius 1 is 1.14 bits per heavy atom. The molecule has 1 heterocycles. The van der Waals surface area contributed by atoms with E-state index in [1.54, 1.807) is 18.2 Å². The van der Waals surface area contributed by atoms with Gasteiger partial charge in [0.05, 0.1) is 5.41 Å². The zero-order chi connectivity index (χ0) is 15.2. The van der Waals surface area contributed by atoms with Gasteiger partial charge in [-0.25, -0.2) is 0 Å². The van der Waals surface area contributed by atoms with Crippen LogP contribution in [-0.4, -0.2) is 11.0 Å². The van der Waals surface area contributed by atoms with E-state index in [9.17, 15) is 9.90 Å². The number of para-hydroxylation sites is 1. The molecule has 2 aromatic rings. The molecule has 4 heteroatoms. The third kappa shape index (κ3) is 2.03. The molecule has 0 aromatic heterocycles. The van der Waals surface area contributed by atoms with Gasteiger partial charge in [0.2, 0.25) is 5.91 Å². The van der Waals surface area contributed by atoms with Gasteiger partial charge >= 0.3 is 0 Å². The Morgan fingerprint density at radius 2 is 1.81 bits per heavy atom. The van der Waals surface area contributed by atoms with Gasteiger partial charge in [0, 0.05) is 23.1 Å². The molecule has 3 N–H and O–H groups in total. The third-order valence-electron chi connectivity index (χ3n) is 4.11. The number of amides is 1. The molecule has 1 aliphatic heterocycles. The number of primary amides is 1. The second-order valence-electron chi connectivity index (χ2n) is 5.88. The zero-order valence-electron chi connectivity index (χ0n) is 12.0. The monoisotopic (exact) mass is 283 g/mol. The number of nitrogens with two attached hydrogens (primary N) is 1. The molecule has 0 saturated heterocycles. The standard InChI is InChI=1S/C17H17NO3/c1-17(2,16(18)20)15-11-5-3-4-6-13(11)21-14-9-10(19)7-8-12(14)15/h3-9,15,19H,1-2H3,(H2,18,20)/t15-/m0/s1. The molecule has 0 bridgehead atoms. The minimum atomic E-state index is -0.772. The van der Waals surface area contributed by atoms with Gasteiger partial charge in [0.1, 0.15) is 17.2 Å². The molecule has 108 valence electrons. The number of benzene rings is 2. The molecular weight excluding hydrogens is 266 g/mol. The summed E-state index contributed by atoms with van der Waals surface area (Å²) in [6, 6.07) is 12.5. The minimum Gasteiger partial charge on any atom is -0.508 e. The summed E-state index contributed by atoms with van der Waals surface area (Å²) in [5.41, 5.74) is 6.63. The maximum absolute atomic E-state index is 11.9. The zero-order valence-corrected chi connectivity index (χ0v) is 12.0. The average Bonchev–Trinajstić information content (AvgIpc) is 2.44. The number of phenols is 1. The number of carbonyl (C=O) groups excluding carboxylic acids is 1. The van der Waals surface area contributed by atoms with Crippen molar-refractivity contribution in [1.82, 2.24) is 0 Å². The molecule has 2 aromatic carbocycles. The van der Waals surface area contributed by atoms with E-state index in [1.807, 2.05) is 38.1 Å². The summed E-state index contributed by atoms with van der Waals surface area (Å²) in [6.45, 7) is 3.66. The Kier molecular flexibility index (Phi) is 2.90. The quantitative estimate of drug-likeness (QED) is 0.889. The van der Waals surface area contributed by atoms with E-state index in [4.69, 9.17) is 10.5 Å². The Morgan fingerprint density at radius 3 is 2.52 bits per heavy atom. The van der Waals surface area contributed by atoms with Crippen molar-refractivity contribution < 1.29 is 14.6 Å². The van der Waals surface area contributed by atoms with Crippen LogP contribution in [-0.2, 0) is 4.79 Å². The highest BCUT2D eigenvalue weighted by Crippen LogP contribution is 2.52. The highest BCUT2D eigenvalue weighted by molar-refractivity contribution is 5.83. The summed E-state index contributed by atoms with van der Waals surface area (Å²) in [5, 5.41) is 9.66. The van der Waals surface area contributed by atoms with Crippen molar-refractivity contribution in [3.05, 3.63) is 53.6 Å². The predicted molar refractivity (Wildman–Crippen MR) is 79.4 cm³/mol. The van der Waals surface area contributed by atoms with Crippen LogP contribution in [0, 0.1) is 5.41 Å². The van der Waals surface area contributed by atoms with Crippen LogP contribution in [0.15, 0.2) is 42.5 Å². The van der Waals surface area contributed by atoms with Crippen molar-refractivity contribution in [2.75, 3.05) is 0 Å². The maximum Gasteiger partial charge on any atom is 0.224 e. The van der Waals surface area contributed by atoms with E-state index in [1.165, 1.54) is 0 Å². The molecule has 1 amide bonds. The fraction of sp³-hybridized carbons (Fsp3) is 0.235. The van der Waals surface area contributed by atoms with E-state index in [-0.39, 0.29) is 17.6 Å². The molecule has 1 atom stereocenters. The third-order valence-corrected chi connectivity index (χ3v) is 4.11. The van der Waals surface area contributed by atoms with Gasteiger partial charge in [-0.15, -0.1) is 0 Å². The van der Waals surface area contributed by atoms with Crippen LogP contribution in [0.3, 0.4) is 0 Å². The molecule has 1 aliphatic rings. The van der Waals surface area contributed by atoms with E-state index in [2.05, 4.69) is 0 Å². The smallest absolute Gasteiger partial charge is 0.224 e. The Balaban J connectivity index is 2.26. The number of hydrogen-bond donors (Lipinski definition) is 2. The fourth-order valence-corrected chi connectivity index (χ4v) is 2.87. The van der Waals surface area contributed by atoms with Crippen molar-refractivity contribution in [3.8, 4) is 17.2 Å². The summed E-state index contributed by atoms with van der Waals surface area (Å²) in [5.74, 6) is 0.797. The van der Waals surface area contributed by atoms with Gasteiger partial charge < -0.3 is 15.6 Å². The van der Waals surface area contributed by atoms with Crippen LogP contribution in [0.5, 0.6) is 17.2 Å². The molecule has 0 aliphatic carbocycles. The van der Waals surface area contributed by atoms with E-state index < -0.39 is 5.41 Å². The van der Waals surface area contributed by atoms with Gasteiger partial charge in [0.15, 0.2) is 0 Å². The minimum absolute atomic E-state index is 0.128. The normalized spacial score (nSPS) is 16.6. The van der Waals surface area contributed by atoms with E-state index >= 15 is 0 Å². The first-order valence-electron chi connectivity index (χ1n) is 6.81. The highest BCUT2D eigenvalue weighted by Gasteiger charge is 2.42. The van der Waals surface area contributed by atoms with E-state index in [0.717, 1.165) is 11.1 Å². The highest BCUT2D eigenvalue weighted by atomic mass is 16.5. The summed E-state index contributed by atoms with van der Waals surface area (Å²) >= 11 is 0. The van der Waals surface area contributed by atoms with Crippen molar-refractivity contribution >= 4 is 5.91 Å². The maximum atomic E-state index is 11.9. The molecule has 0 unspecified atom stereocenters. The fourth-order valence-electron chi connectivity index (χ4n) is 2.87. The summed E-state index contributed by atoms with van der Waals surface area (Å²) < 4.78 is 5.85. The Hall–Kier alpha value is -2.49. The first-order valence-corrected chi connectivity index (χ1v) is 6.81. The second kappa shape index (κ2) is 4.52. The first-order chi connectivity index (χ1) is 9.91. The van der Waals surface area contributed by atoms with Crippen LogP contribution < -0.4 is 10.5 Å². The van der Waals surface area contributed by atoms with Crippen LogP contribution in [0.2, 0.25) is 0 Å². The molecular formula is C17H17NO3. The lowest BCUT2D eigenvalue weighted by Crippen LogP contribution is -2.38. The van der Waals surface area contributed by atoms with Gasteiger partial charge in [-0.2, -0.15) is 0 Å². The number of ether oxygens (including phenoxy) is 1. The van der Waals surface area contributed by atoms with Crippen LogP contribution >= 0.6 is 0 Å². The summed E-state index contributed by atoms with van der Waals surface area (Å²) in [6.07, 6.45) is 0. The van der Waals surface area contributed by atoms with Crippen molar-refractivity contribution in [3.63, 3.8) is 0 Å². The van der Waals surface area contributed by atoms with Crippen LogP contribution in [0.4, 0.5) is 0 Å². The Bertz CT molecular complexity index is 722. The molecule has 21 heavy (non-hydrogen) atoms. The predicted octanol–water partition coefficient (Wildman–Crippen LogP) is 3.14. The van der Waals surface area contributed by atoms with Gasteiger partial charge in [-0.05, 0) is 12.1 Å². The number of rotatable bonds is 2. The topological polar surface area (TPSA) is 72.6 Å². The molecule has 0 saturated carbocycles. The van der Waals surface area contributed by atoms with Crippen LogP contribution in [0.25, 0.3) is 0 Å². The van der Waals surface area contributed by atoms with Gasteiger partial charge in [-0.1, -0.05) is 38.1 Å². The number of hydrogen-bond acceptors (Lipinski definition) is 3. The lowest BCUT2D eigenvalue weighted by molar-refractivity contribution is -0.126. The van der Waals surface area contributed by atoms with Crippen molar-refractivity contribution in [2.24, 2.45) is 11.1 Å². The first kappa shape index (κ1) is 13.5. The van der Waals surface area contributed by atoms with Crippen molar-refractivity contribution in [2.45, 2.75) is 19.8 Å². The van der Waals surface area contributed by atoms with Gasteiger partial charge in [0.25, 0.3) is 0 Å². The summed E-state index contributed by atoms with van der Waals surface area (Å²) in [4.78, 5) is 11.9. The lowest BCUT2D eigenvalue weighted by Gasteiger charge is -2.37. The molecule has 0 radical (unpaired) electrons. The number of fused-ring (bicyclic) bond motifs is 2. The molecule has 3 rings (SSSR count). The lowest BCUT2D eigenvalue weighted by atomic mass is 9.69. The second-order valence-corrected chi connectivity index (χ2v) is 5.88. The summed E-state index contributed by atoms with van der Waals surface area (Å²) in [7, 11) is 0. The SMILES string of the molecule is CC(C)(C(N)=O)[C@H]1c2ccccc2Oc2cc(O)ccc21. The number of carbonyl (C=O) groups is 1. The number of aromatic hydroxyl groups is 1. The average molecular weight is 283 g/mol. The molecule has 0 fully saturated rings. The van der Waals surface area contributed by atoms with Crippen molar-refractivity contribution in [1.29, 1.82) is 0 Å². The van der Waals surface area contributed by atoms with E-state index in [0.29, 0.717) is 11.5 Å². The molecule has 4 nitrogen and oxygen atoms in total. The van der Waals surface area contributed by atoms with Crippen LogP contribution in [0.1, 0.15) is 30.9 Å². The largest absolute Gasteiger partial charge is 0.508 e.